The number of hydrogen-bond donors (Lipinski definition) is 1. The van der Waals surface area contributed by atoms with Gasteiger partial charge in [0, 0.05) is 6.61 Å². The maximum atomic E-state index is 8.87. The van der Waals surface area contributed by atoms with E-state index < -0.39 is 0 Å². The van der Waals surface area contributed by atoms with E-state index in [0.29, 0.717) is 12.7 Å². The summed E-state index contributed by atoms with van der Waals surface area (Å²) in [6, 6.07) is 8.02. The molecule has 2 rings (SSSR count). The summed E-state index contributed by atoms with van der Waals surface area (Å²) in [6.45, 7) is 1.69. The first-order valence-corrected chi connectivity index (χ1v) is 8.80. The van der Waals surface area contributed by atoms with Crippen LogP contribution in [0.4, 0.5) is 0 Å². The van der Waals surface area contributed by atoms with Crippen LogP contribution in [-0.4, -0.2) is 37.6 Å². The van der Waals surface area contributed by atoms with Crippen molar-refractivity contribution >= 4 is 0 Å². The van der Waals surface area contributed by atoms with Crippen LogP contribution in [0.15, 0.2) is 24.3 Å². The van der Waals surface area contributed by atoms with E-state index in [1.807, 2.05) is 24.3 Å². The van der Waals surface area contributed by atoms with Gasteiger partial charge in [-0.05, 0) is 30.5 Å². The van der Waals surface area contributed by atoms with Gasteiger partial charge in [-0.2, -0.15) is 0 Å². The smallest absolute Gasteiger partial charge is 0.118 e. The van der Waals surface area contributed by atoms with E-state index in [0.717, 1.165) is 25.2 Å². The lowest BCUT2D eigenvalue weighted by Crippen LogP contribution is -1.98. The molecular weight excluding hydrogens is 292 g/mol. The fourth-order valence-corrected chi connectivity index (χ4v) is 2.76. The molecule has 1 N–H and O–H groups in total. The van der Waals surface area contributed by atoms with Crippen LogP contribution in [0.1, 0.15) is 50.5 Å². The van der Waals surface area contributed by atoms with E-state index >= 15 is 0 Å². The van der Waals surface area contributed by atoms with Crippen molar-refractivity contribution in [2.75, 3.05) is 20.3 Å². The third-order valence-corrected chi connectivity index (χ3v) is 4.32. The van der Waals surface area contributed by atoms with Crippen LogP contribution in [0, 0.1) is 0 Å². The fraction of sp³-hybridized carbons (Fsp3) is 0.684. The summed E-state index contributed by atoms with van der Waals surface area (Å²) >= 11 is 0. The number of unbranched alkanes of at least 4 members (excludes halogenated alkanes) is 5. The molecule has 0 amide bonds. The number of rotatable bonds is 13. The zero-order valence-corrected chi connectivity index (χ0v) is 14.2. The second-order valence-electron chi connectivity index (χ2n) is 6.21. The first kappa shape index (κ1) is 18.2. The highest BCUT2D eigenvalue weighted by Gasteiger charge is 2.36. The van der Waals surface area contributed by atoms with Crippen molar-refractivity contribution in [1.82, 2.24) is 0 Å². The summed E-state index contributed by atoms with van der Waals surface area (Å²) in [6.07, 6.45) is 9.01. The summed E-state index contributed by atoms with van der Waals surface area (Å²) in [5, 5.41) is 8.87. The third-order valence-electron chi connectivity index (χ3n) is 4.32. The SMILES string of the molecule is COc1ccc(COCCCCCCCC[C@@H]2O[C@@H]2CO)cc1. The Morgan fingerprint density at radius 2 is 1.65 bits per heavy atom. The van der Waals surface area contributed by atoms with Gasteiger partial charge in [0.1, 0.15) is 11.9 Å². The van der Waals surface area contributed by atoms with Crippen LogP contribution in [0.5, 0.6) is 5.75 Å². The molecule has 1 aliphatic heterocycles. The number of hydrogen-bond acceptors (Lipinski definition) is 4. The van der Waals surface area contributed by atoms with Gasteiger partial charge in [0.05, 0.1) is 26.4 Å². The van der Waals surface area contributed by atoms with Crippen LogP contribution in [0.25, 0.3) is 0 Å². The number of epoxide rings is 1. The van der Waals surface area contributed by atoms with E-state index in [1.165, 1.54) is 37.7 Å². The van der Waals surface area contributed by atoms with Gasteiger partial charge in [0.25, 0.3) is 0 Å². The first-order chi connectivity index (χ1) is 11.3. The zero-order chi connectivity index (χ0) is 16.3. The Hall–Kier alpha value is -1.10. The van der Waals surface area contributed by atoms with Gasteiger partial charge in [-0.15, -0.1) is 0 Å². The predicted octanol–water partition coefficient (Wildman–Crippen LogP) is 3.70. The second-order valence-corrected chi connectivity index (χ2v) is 6.21. The maximum Gasteiger partial charge on any atom is 0.118 e. The lowest BCUT2D eigenvalue weighted by Gasteiger charge is -2.06. The summed E-state index contributed by atoms with van der Waals surface area (Å²) < 4.78 is 16.2. The minimum Gasteiger partial charge on any atom is -0.497 e. The highest BCUT2D eigenvalue weighted by Crippen LogP contribution is 2.26. The largest absolute Gasteiger partial charge is 0.497 e. The molecule has 1 saturated heterocycles. The average Bonchev–Trinajstić information content (AvgIpc) is 3.35. The van der Waals surface area contributed by atoms with Crippen LogP contribution < -0.4 is 4.74 Å². The van der Waals surface area contributed by atoms with Gasteiger partial charge in [0.15, 0.2) is 0 Å². The van der Waals surface area contributed by atoms with E-state index in [4.69, 9.17) is 19.3 Å². The average molecular weight is 322 g/mol. The van der Waals surface area contributed by atoms with Crippen molar-refractivity contribution < 1.29 is 19.3 Å². The molecule has 1 heterocycles. The minimum atomic E-state index is 0.137. The molecule has 0 spiro atoms. The Bertz CT molecular complexity index is 418. The van der Waals surface area contributed by atoms with E-state index in [9.17, 15) is 0 Å². The molecule has 1 aromatic rings. The van der Waals surface area contributed by atoms with Crippen molar-refractivity contribution in [1.29, 1.82) is 0 Å². The Kier molecular flexibility index (Phi) is 8.43. The molecule has 0 saturated carbocycles. The molecule has 2 atom stereocenters. The van der Waals surface area contributed by atoms with E-state index in [2.05, 4.69) is 0 Å². The molecule has 0 unspecified atom stereocenters. The van der Waals surface area contributed by atoms with Crippen LogP contribution in [0.3, 0.4) is 0 Å². The van der Waals surface area contributed by atoms with Crippen LogP contribution >= 0.6 is 0 Å². The lowest BCUT2D eigenvalue weighted by molar-refractivity contribution is 0.116. The molecule has 1 fully saturated rings. The molecule has 1 aliphatic rings. The Morgan fingerprint density at radius 3 is 2.30 bits per heavy atom. The van der Waals surface area contributed by atoms with Gasteiger partial charge in [0.2, 0.25) is 0 Å². The Morgan fingerprint density at radius 1 is 0.957 bits per heavy atom. The van der Waals surface area contributed by atoms with Crippen molar-refractivity contribution in [3.05, 3.63) is 29.8 Å². The molecule has 130 valence electrons. The topological polar surface area (TPSA) is 51.2 Å². The molecule has 0 aliphatic carbocycles. The van der Waals surface area contributed by atoms with Crippen molar-refractivity contribution in [2.24, 2.45) is 0 Å². The Balaban J connectivity index is 1.35. The molecule has 23 heavy (non-hydrogen) atoms. The van der Waals surface area contributed by atoms with Crippen molar-refractivity contribution in [3.63, 3.8) is 0 Å². The quantitative estimate of drug-likeness (QED) is 0.444. The monoisotopic (exact) mass is 322 g/mol. The van der Waals surface area contributed by atoms with Gasteiger partial charge in [-0.3, -0.25) is 0 Å². The van der Waals surface area contributed by atoms with Gasteiger partial charge in [-0.25, -0.2) is 0 Å². The summed E-state index contributed by atoms with van der Waals surface area (Å²) in [4.78, 5) is 0. The second kappa shape index (κ2) is 10.6. The number of methoxy groups -OCH3 is 1. The molecular formula is C19H30O4. The molecule has 4 nitrogen and oxygen atoms in total. The molecule has 1 aromatic carbocycles. The predicted molar refractivity (Wildman–Crippen MR) is 90.7 cm³/mol. The molecule has 4 heteroatoms. The standard InChI is InChI=1S/C19H30O4/c1-21-17-11-9-16(10-12-17)15-22-13-7-5-3-2-4-6-8-18-19(14-20)23-18/h9-12,18-20H,2-8,13-15H2,1H3/t18-,19+/m0/s1. The number of aliphatic hydroxyl groups excluding tert-OH is 1. The highest BCUT2D eigenvalue weighted by atomic mass is 16.6. The van der Waals surface area contributed by atoms with Crippen molar-refractivity contribution in [2.45, 2.75) is 63.8 Å². The summed E-state index contributed by atoms with van der Waals surface area (Å²) in [5.41, 5.74) is 1.19. The zero-order valence-electron chi connectivity index (χ0n) is 14.2. The van der Waals surface area contributed by atoms with E-state index in [-0.39, 0.29) is 12.7 Å². The highest BCUT2D eigenvalue weighted by molar-refractivity contribution is 5.26. The minimum absolute atomic E-state index is 0.137. The number of aliphatic hydroxyl groups is 1. The third kappa shape index (κ3) is 7.34. The fourth-order valence-electron chi connectivity index (χ4n) is 2.76. The van der Waals surface area contributed by atoms with Crippen LogP contribution in [-0.2, 0) is 16.1 Å². The number of benzene rings is 1. The van der Waals surface area contributed by atoms with Gasteiger partial charge < -0.3 is 19.3 Å². The molecule has 0 bridgehead atoms. The lowest BCUT2D eigenvalue weighted by atomic mass is 10.1. The summed E-state index contributed by atoms with van der Waals surface area (Å²) in [7, 11) is 1.68. The Labute approximate surface area is 139 Å². The maximum absolute atomic E-state index is 8.87. The van der Waals surface area contributed by atoms with Gasteiger partial charge in [-0.1, -0.05) is 44.2 Å². The molecule has 0 aromatic heterocycles. The normalized spacial score (nSPS) is 19.7. The summed E-state index contributed by atoms with van der Waals surface area (Å²) in [5.74, 6) is 0.883. The first-order valence-electron chi connectivity index (χ1n) is 8.80. The van der Waals surface area contributed by atoms with Gasteiger partial charge >= 0.3 is 0 Å². The van der Waals surface area contributed by atoms with Crippen molar-refractivity contribution in [3.8, 4) is 5.75 Å². The molecule has 0 radical (unpaired) electrons. The number of ether oxygens (including phenoxy) is 3. The van der Waals surface area contributed by atoms with Crippen LogP contribution in [0.2, 0.25) is 0 Å². The van der Waals surface area contributed by atoms with E-state index in [1.54, 1.807) is 7.11 Å².